The van der Waals surface area contributed by atoms with Crippen molar-refractivity contribution in [3.63, 3.8) is 0 Å². The molecule has 2 fully saturated rings. The third-order valence-electron chi connectivity index (χ3n) is 4.71. The summed E-state index contributed by atoms with van der Waals surface area (Å²) in [6.07, 6.45) is 7.13. The lowest BCUT2D eigenvalue weighted by Gasteiger charge is -2.34. The van der Waals surface area contributed by atoms with Crippen molar-refractivity contribution in [1.29, 1.82) is 0 Å². The molecular formula is C17H32N2OS. The van der Waals surface area contributed by atoms with E-state index in [0.29, 0.717) is 23.1 Å². The Kier molecular flexibility index (Phi) is 6.42. The van der Waals surface area contributed by atoms with Crippen LogP contribution in [0.1, 0.15) is 66.2 Å². The summed E-state index contributed by atoms with van der Waals surface area (Å²) in [7, 11) is 0. The molecule has 4 unspecified atom stereocenters. The highest BCUT2D eigenvalue weighted by molar-refractivity contribution is 7.99. The standard InChI is InChI=1S/C17H32N2OS/c1-5-8-13-17(20)19(16(18-13)11-12(3)4)14-9-7-10-15(14)21-6-2/h12-16,18H,5-11H2,1-4H3. The van der Waals surface area contributed by atoms with Gasteiger partial charge >= 0.3 is 0 Å². The van der Waals surface area contributed by atoms with Crippen LogP contribution >= 0.6 is 11.8 Å². The van der Waals surface area contributed by atoms with Crippen molar-refractivity contribution in [2.75, 3.05) is 5.75 Å². The molecule has 4 atom stereocenters. The maximum atomic E-state index is 12.9. The van der Waals surface area contributed by atoms with Crippen LogP contribution in [0.4, 0.5) is 0 Å². The summed E-state index contributed by atoms with van der Waals surface area (Å²) in [5.74, 6) is 2.15. The van der Waals surface area contributed by atoms with Crippen LogP contribution in [0.25, 0.3) is 0 Å². The molecule has 1 amide bonds. The Balaban J connectivity index is 2.13. The highest BCUT2D eigenvalue weighted by Crippen LogP contribution is 2.37. The minimum atomic E-state index is 0.0617. The van der Waals surface area contributed by atoms with Crippen LogP contribution in [0.15, 0.2) is 0 Å². The molecule has 1 saturated heterocycles. The van der Waals surface area contributed by atoms with Crippen LogP contribution in [-0.4, -0.2) is 40.1 Å². The smallest absolute Gasteiger partial charge is 0.241 e. The molecule has 0 bridgehead atoms. The summed E-state index contributed by atoms with van der Waals surface area (Å²) < 4.78 is 0. The van der Waals surface area contributed by atoms with E-state index in [9.17, 15) is 4.79 Å². The molecule has 4 heteroatoms. The minimum absolute atomic E-state index is 0.0617. The molecule has 0 spiro atoms. The minimum Gasteiger partial charge on any atom is -0.322 e. The fraction of sp³-hybridized carbons (Fsp3) is 0.941. The number of nitrogens with zero attached hydrogens (tertiary/aromatic N) is 1. The van der Waals surface area contributed by atoms with Gasteiger partial charge in [-0.15, -0.1) is 0 Å². The SMILES string of the molecule is CCCC1NC(CC(C)C)N(C2CCCC2SCC)C1=O. The van der Waals surface area contributed by atoms with E-state index in [2.05, 4.69) is 37.9 Å². The largest absolute Gasteiger partial charge is 0.322 e. The van der Waals surface area contributed by atoms with Gasteiger partial charge in [0.2, 0.25) is 5.91 Å². The highest BCUT2D eigenvalue weighted by Gasteiger charge is 2.45. The van der Waals surface area contributed by atoms with E-state index in [1.807, 2.05) is 11.8 Å². The van der Waals surface area contributed by atoms with Crippen molar-refractivity contribution < 1.29 is 4.79 Å². The van der Waals surface area contributed by atoms with Crippen molar-refractivity contribution in [3.05, 3.63) is 0 Å². The lowest BCUT2D eigenvalue weighted by Crippen LogP contribution is -2.47. The fourth-order valence-corrected chi connectivity index (χ4v) is 5.12. The van der Waals surface area contributed by atoms with Crippen molar-refractivity contribution in [2.24, 2.45) is 5.92 Å². The van der Waals surface area contributed by atoms with Gasteiger partial charge in [-0.05, 0) is 37.4 Å². The molecule has 1 aliphatic carbocycles. The van der Waals surface area contributed by atoms with Gasteiger partial charge in [0.15, 0.2) is 0 Å². The van der Waals surface area contributed by atoms with Crippen molar-refractivity contribution >= 4 is 17.7 Å². The molecule has 2 aliphatic rings. The Morgan fingerprint density at radius 3 is 2.71 bits per heavy atom. The van der Waals surface area contributed by atoms with Gasteiger partial charge in [0.1, 0.15) is 0 Å². The van der Waals surface area contributed by atoms with Gasteiger partial charge in [-0.1, -0.05) is 40.5 Å². The van der Waals surface area contributed by atoms with Gasteiger partial charge in [-0.2, -0.15) is 11.8 Å². The van der Waals surface area contributed by atoms with Crippen LogP contribution in [0.2, 0.25) is 0 Å². The molecule has 1 N–H and O–H groups in total. The number of carbonyl (C=O) groups is 1. The first-order chi connectivity index (χ1) is 10.1. The van der Waals surface area contributed by atoms with E-state index in [0.717, 1.165) is 25.0 Å². The number of nitrogens with one attached hydrogen (secondary N) is 1. The summed E-state index contributed by atoms with van der Waals surface area (Å²) in [4.78, 5) is 15.1. The second-order valence-electron chi connectivity index (χ2n) is 6.89. The zero-order valence-corrected chi connectivity index (χ0v) is 14.9. The summed E-state index contributed by atoms with van der Waals surface area (Å²) in [6, 6.07) is 0.521. The first kappa shape index (κ1) is 17.1. The van der Waals surface area contributed by atoms with Crippen LogP contribution in [0, 0.1) is 5.92 Å². The van der Waals surface area contributed by atoms with Gasteiger partial charge in [-0.3, -0.25) is 10.1 Å². The molecule has 0 aromatic rings. The number of amides is 1. The zero-order valence-electron chi connectivity index (χ0n) is 14.1. The number of hydrogen-bond donors (Lipinski definition) is 1. The van der Waals surface area contributed by atoms with E-state index in [-0.39, 0.29) is 12.2 Å². The predicted octanol–water partition coefficient (Wildman–Crippen LogP) is 3.63. The Morgan fingerprint density at radius 2 is 2.10 bits per heavy atom. The number of hydrogen-bond acceptors (Lipinski definition) is 3. The van der Waals surface area contributed by atoms with E-state index < -0.39 is 0 Å². The third kappa shape index (κ3) is 3.95. The van der Waals surface area contributed by atoms with Crippen LogP contribution in [-0.2, 0) is 4.79 Å². The molecule has 1 aliphatic heterocycles. The lowest BCUT2D eigenvalue weighted by atomic mass is 10.1. The second-order valence-corrected chi connectivity index (χ2v) is 8.41. The number of carbonyl (C=O) groups excluding carboxylic acids is 1. The normalized spacial score (nSPS) is 33.4. The maximum Gasteiger partial charge on any atom is 0.241 e. The third-order valence-corrected chi connectivity index (χ3v) is 6.02. The maximum absolute atomic E-state index is 12.9. The first-order valence-corrected chi connectivity index (χ1v) is 9.83. The van der Waals surface area contributed by atoms with E-state index in [1.54, 1.807) is 0 Å². The molecule has 2 rings (SSSR count). The summed E-state index contributed by atoms with van der Waals surface area (Å²) in [5.41, 5.74) is 0. The molecular weight excluding hydrogens is 280 g/mol. The van der Waals surface area contributed by atoms with Gasteiger partial charge in [0.25, 0.3) is 0 Å². The van der Waals surface area contributed by atoms with Crippen LogP contribution in [0.5, 0.6) is 0 Å². The van der Waals surface area contributed by atoms with E-state index in [4.69, 9.17) is 0 Å². The molecule has 0 radical (unpaired) electrons. The quantitative estimate of drug-likeness (QED) is 0.779. The Labute approximate surface area is 134 Å². The molecule has 122 valence electrons. The average molecular weight is 313 g/mol. The van der Waals surface area contributed by atoms with Crippen molar-refractivity contribution in [2.45, 2.75) is 89.7 Å². The fourth-order valence-electron chi connectivity index (χ4n) is 3.87. The monoisotopic (exact) mass is 312 g/mol. The predicted molar refractivity (Wildman–Crippen MR) is 91.5 cm³/mol. The van der Waals surface area contributed by atoms with Gasteiger partial charge in [-0.25, -0.2) is 0 Å². The molecule has 1 saturated carbocycles. The lowest BCUT2D eigenvalue weighted by molar-refractivity contribution is -0.132. The highest BCUT2D eigenvalue weighted by atomic mass is 32.2. The molecule has 1 heterocycles. The molecule has 3 nitrogen and oxygen atoms in total. The molecule has 0 aromatic heterocycles. The molecule has 21 heavy (non-hydrogen) atoms. The number of rotatable bonds is 7. The Bertz CT molecular complexity index is 348. The first-order valence-electron chi connectivity index (χ1n) is 8.78. The zero-order chi connectivity index (χ0) is 15.4. The Morgan fingerprint density at radius 1 is 1.33 bits per heavy atom. The van der Waals surface area contributed by atoms with Crippen molar-refractivity contribution in [3.8, 4) is 0 Å². The molecule has 0 aromatic carbocycles. The van der Waals surface area contributed by atoms with Crippen LogP contribution in [0.3, 0.4) is 0 Å². The van der Waals surface area contributed by atoms with Gasteiger partial charge in [0, 0.05) is 11.3 Å². The topological polar surface area (TPSA) is 32.3 Å². The number of thioether (sulfide) groups is 1. The average Bonchev–Trinajstić information content (AvgIpc) is 2.96. The van der Waals surface area contributed by atoms with Crippen molar-refractivity contribution in [1.82, 2.24) is 10.2 Å². The van der Waals surface area contributed by atoms with E-state index in [1.165, 1.54) is 19.3 Å². The second kappa shape index (κ2) is 7.87. The van der Waals surface area contributed by atoms with Gasteiger partial charge in [0.05, 0.1) is 12.2 Å². The summed E-state index contributed by atoms with van der Waals surface area (Å²) >= 11 is 2.05. The van der Waals surface area contributed by atoms with E-state index >= 15 is 0 Å². The van der Waals surface area contributed by atoms with Crippen LogP contribution < -0.4 is 5.32 Å². The van der Waals surface area contributed by atoms with Gasteiger partial charge < -0.3 is 4.90 Å². The Hall–Kier alpha value is -0.220. The summed E-state index contributed by atoms with van der Waals surface area (Å²) in [5, 5.41) is 4.28. The summed E-state index contributed by atoms with van der Waals surface area (Å²) in [6.45, 7) is 8.91.